The monoisotopic (exact) mass is 402 g/mol. The highest BCUT2D eigenvalue weighted by Gasteiger charge is 2.13. The van der Waals surface area contributed by atoms with Gasteiger partial charge in [0.05, 0.1) is 18.0 Å². The molecule has 1 saturated heterocycles. The van der Waals surface area contributed by atoms with Gasteiger partial charge in [-0.25, -0.2) is 0 Å². The van der Waals surface area contributed by atoms with Crippen molar-refractivity contribution in [2.45, 2.75) is 26.2 Å². The second-order valence-corrected chi connectivity index (χ2v) is 7.29. The predicted octanol–water partition coefficient (Wildman–Crippen LogP) is 4.78. The summed E-state index contributed by atoms with van der Waals surface area (Å²) in [5.74, 6) is 1.41. The molecule has 4 rings (SSSR count). The van der Waals surface area contributed by atoms with E-state index in [4.69, 9.17) is 4.74 Å². The lowest BCUT2D eigenvalue weighted by Crippen LogP contribution is -2.30. The summed E-state index contributed by atoms with van der Waals surface area (Å²) in [6.07, 6.45) is 3.71. The zero-order valence-corrected chi connectivity index (χ0v) is 17.2. The highest BCUT2D eigenvalue weighted by Crippen LogP contribution is 2.25. The number of amides is 1. The molecule has 6 nitrogen and oxygen atoms in total. The second kappa shape index (κ2) is 9.39. The van der Waals surface area contributed by atoms with E-state index in [1.54, 1.807) is 12.1 Å². The number of nitrogens with zero attached hydrogens (tertiary/aromatic N) is 3. The van der Waals surface area contributed by atoms with Crippen LogP contribution in [0, 0.1) is 0 Å². The zero-order chi connectivity index (χ0) is 20.8. The van der Waals surface area contributed by atoms with Crippen molar-refractivity contribution in [1.82, 2.24) is 10.2 Å². The molecule has 2 aromatic carbocycles. The summed E-state index contributed by atoms with van der Waals surface area (Å²) in [5.41, 5.74) is 2.96. The van der Waals surface area contributed by atoms with Gasteiger partial charge in [-0.1, -0.05) is 24.3 Å². The van der Waals surface area contributed by atoms with E-state index in [1.165, 1.54) is 19.3 Å². The number of piperidine rings is 1. The molecule has 0 bridgehead atoms. The van der Waals surface area contributed by atoms with Crippen LogP contribution in [0.4, 0.5) is 11.5 Å². The number of ether oxygens (including phenoxy) is 1. The number of carbonyl (C=O) groups is 1. The van der Waals surface area contributed by atoms with Gasteiger partial charge in [-0.2, -0.15) is 0 Å². The molecule has 30 heavy (non-hydrogen) atoms. The lowest BCUT2D eigenvalue weighted by atomic mass is 10.1. The molecule has 1 N–H and O–H groups in total. The van der Waals surface area contributed by atoms with E-state index < -0.39 is 0 Å². The fourth-order valence-corrected chi connectivity index (χ4v) is 3.61. The first kappa shape index (κ1) is 19.9. The molecule has 0 aliphatic carbocycles. The molecule has 1 amide bonds. The second-order valence-electron chi connectivity index (χ2n) is 7.29. The van der Waals surface area contributed by atoms with Crippen molar-refractivity contribution in [3.63, 3.8) is 0 Å². The minimum atomic E-state index is -0.180. The fourth-order valence-electron chi connectivity index (χ4n) is 3.61. The third-order valence-electron chi connectivity index (χ3n) is 5.21. The number of benzene rings is 2. The minimum Gasteiger partial charge on any atom is -0.492 e. The molecular weight excluding hydrogens is 376 g/mol. The van der Waals surface area contributed by atoms with E-state index in [-0.39, 0.29) is 5.91 Å². The average Bonchev–Trinajstić information content (AvgIpc) is 2.81. The van der Waals surface area contributed by atoms with Gasteiger partial charge in [0.2, 0.25) is 0 Å². The quantitative estimate of drug-likeness (QED) is 0.642. The zero-order valence-electron chi connectivity index (χ0n) is 17.2. The topological polar surface area (TPSA) is 67.3 Å². The highest BCUT2D eigenvalue weighted by molar-refractivity contribution is 6.05. The molecule has 0 unspecified atom stereocenters. The maximum absolute atomic E-state index is 12.6. The van der Waals surface area contributed by atoms with Crippen LogP contribution in [0.2, 0.25) is 0 Å². The van der Waals surface area contributed by atoms with Crippen molar-refractivity contribution in [3.05, 3.63) is 66.2 Å². The summed E-state index contributed by atoms with van der Waals surface area (Å²) in [6, 6.07) is 18.8. The van der Waals surface area contributed by atoms with E-state index in [0.29, 0.717) is 23.6 Å². The van der Waals surface area contributed by atoms with Crippen LogP contribution < -0.4 is 15.0 Å². The summed E-state index contributed by atoms with van der Waals surface area (Å²) in [5, 5.41) is 11.7. The van der Waals surface area contributed by atoms with E-state index >= 15 is 0 Å². The summed E-state index contributed by atoms with van der Waals surface area (Å²) >= 11 is 0. The van der Waals surface area contributed by atoms with Crippen molar-refractivity contribution >= 4 is 17.4 Å². The van der Waals surface area contributed by atoms with E-state index in [9.17, 15) is 4.79 Å². The summed E-state index contributed by atoms with van der Waals surface area (Å²) in [6.45, 7) is 4.55. The highest BCUT2D eigenvalue weighted by atomic mass is 16.5. The van der Waals surface area contributed by atoms with Gasteiger partial charge in [0.25, 0.3) is 5.91 Å². The van der Waals surface area contributed by atoms with Gasteiger partial charge in [0.1, 0.15) is 5.75 Å². The van der Waals surface area contributed by atoms with Gasteiger partial charge >= 0.3 is 0 Å². The average molecular weight is 402 g/mol. The first-order valence-electron chi connectivity index (χ1n) is 10.5. The number of hydrogen-bond donors (Lipinski definition) is 1. The first-order valence-corrected chi connectivity index (χ1v) is 10.5. The molecule has 1 aliphatic heterocycles. The van der Waals surface area contributed by atoms with Gasteiger partial charge < -0.3 is 15.0 Å². The van der Waals surface area contributed by atoms with Gasteiger partial charge in [-0.05, 0) is 62.6 Å². The third-order valence-corrected chi connectivity index (χ3v) is 5.21. The van der Waals surface area contributed by atoms with E-state index in [2.05, 4.69) is 20.4 Å². The van der Waals surface area contributed by atoms with E-state index in [1.807, 2.05) is 55.5 Å². The molecule has 0 atom stereocenters. The number of para-hydroxylation sites is 2. The van der Waals surface area contributed by atoms with Crippen LogP contribution in [-0.4, -0.2) is 35.8 Å². The SMILES string of the molecule is CCOc1ccccc1NC(=O)c1ccc(-c2ccc(N3CCCCC3)nn2)cc1. The number of aromatic nitrogens is 2. The number of hydrogen-bond acceptors (Lipinski definition) is 5. The third kappa shape index (κ3) is 4.59. The van der Waals surface area contributed by atoms with Gasteiger partial charge in [-0.3, -0.25) is 4.79 Å². The van der Waals surface area contributed by atoms with Crippen LogP contribution in [0.5, 0.6) is 5.75 Å². The number of anilines is 2. The molecule has 0 saturated carbocycles. The summed E-state index contributed by atoms with van der Waals surface area (Å²) in [7, 11) is 0. The van der Waals surface area contributed by atoms with Crippen molar-refractivity contribution in [3.8, 4) is 17.0 Å². The number of nitrogens with one attached hydrogen (secondary N) is 1. The Kier molecular flexibility index (Phi) is 6.23. The smallest absolute Gasteiger partial charge is 0.255 e. The molecule has 2 heterocycles. The molecule has 3 aromatic rings. The molecule has 1 aliphatic rings. The van der Waals surface area contributed by atoms with Gasteiger partial charge in [-0.15, -0.1) is 10.2 Å². The molecule has 1 fully saturated rings. The lowest BCUT2D eigenvalue weighted by Gasteiger charge is -2.27. The van der Waals surface area contributed by atoms with Gasteiger partial charge in [0.15, 0.2) is 5.82 Å². The van der Waals surface area contributed by atoms with Crippen LogP contribution in [0.25, 0.3) is 11.3 Å². The van der Waals surface area contributed by atoms with Crippen LogP contribution in [-0.2, 0) is 0 Å². The molecule has 0 radical (unpaired) electrons. The van der Waals surface area contributed by atoms with Crippen molar-refractivity contribution in [2.75, 3.05) is 29.9 Å². The summed E-state index contributed by atoms with van der Waals surface area (Å²) < 4.78 is 5.57. The van der Waals surface area contributed by atoms with Crippen molar-refractivity contribution in [2.24, 2.45) is 0 Å². The maximum atomic E-state index is 12.6. The molecule has 0 spiro atoms. The Labute approximate surface area is 176 Å². The molecule has 6 heteroatoms. The van der Waals surface area contributed by atoms with Gasteiger partial charge in [0, 0.05) is 24.2 Å². The Bertz CT molecular complexity index is 981. The van der Waals surface area contributed by atoms with Crippen LogP contribution in [0.3, 0.4) is 0 Å². The van der Waals surface area contributed by atoms with E-state index in [0.717, 1.165) is 30.2 Å². The van der Waals surface area contributed by atoms with Crippen molar-refractivity contribution in [1.29, 1.82) is 0 Å². The maximum Gasteiger partial charge on any atom is 0.255 e. The molecular formula is C24H26N4O2. The van der Waals surface area contributed by atoms with Crippen LogP contribution >= 0.6 is 0 Å². The normalized spacial score (nSPS) is 13.7. The predicted molar refractivity (Wildman–Crippen MR) is 119 cm³/mol. The largest absolute Gasteiger partial charge is 0.492 e. The van der Waals surface area contributed by atoms with Crippen LogP contribution in [0.15, 0.2) is 60.7 Å². The Balaban J connectivity index is 1.44. The number of rotatable bonds is 6. The minimum absolute atomic E-state index is 0.180. The number of carbonyl (C=O) groups excluding carboxylic acids is 1. The molecule has 154 valence electrons. The Morgan fingerprint density at radius 3 is 2.43 bits per heavy atom. The Morgan fingerprint density at radius 1 is 0.967 bits per heavy atom. The summed E-state index contributed by atoms with van der Waals surface area (Å²) in [4.78, 5) is 14.9. The lowest BCUT2D eigenvalue weighted by molar-refractivity contribution is 0.102. The van der Waals surface area contributed by atoms with Crippen LogP contribution in [0.1, 0.15) is 36.5 Å². The van der Waals surface area contributed by atoms with Crippen molar-refractivity contribution < 1.29 is 9.53 Å². The standard InChI is InChI=1S/C24H26N4O2/c1-2-30-22-9-5-4-8-21(22)25-24(29)19-12-10-18(11-13-19)20-14-15-23(27-26-20)28-16-6-3-7-17-28/h4-5,8-15H,2-3,6-7,16-17H2,1H3,(H,25,29). The first-order chi connectivity index (χ1) is 14.7. The Morgan fingerprint density at radius 2 is 1.73 bits per heavy atom. The fraction of sp³-hybridized carbons (Fsp3) is 0.292. The Hall–Kier alpha value is -3.41. The molecule has 1 aromatic heterocycles.